The first-order valence-electron chi connectivity index (χ1n) is 3.24. The topological polar surface area (TPSA) is 38.7 Å². The lowest BCUT2D eigenvalue weighted by atomic mass is 10.3. The largest absolute Gasteiger partial charge is 0.230 e. The monoisotopic (exact) mass is 147 g/mol. The van der Waals surface area contributed by atoms with E-state index in [0.717, 1.165) is 5.69 Å². The second kappa shape index (κ2) is 3.05. The summed E-state index contributed by atoms with van der Waals surface area (Å²) in [5.74, 6) is 0.644. The van der Waals surface area contributed by atoms with E-state index in [1.807, 2.05) is 0 Å². The van der Waals surface area contributed by atoms with Gasteiger partial charge in [0.15, 0.2) is 0 Å². The van der Waals surface area contributed by atoms with Crippen LogP contribution in [0.15, 0.2) is 13.2 Å². The van der Waals surface area contributed by atoms with Crippen molar-refractivity contribution in [1.82, 2.24) is 15.2 Å². The van der Waals surface area contributed by atoms with Crippen molar-refractivity contribution in [1.29, 1.82) is 0 Å². The van der Waals surface area contributed by atoms with Gasteiger partial charge in [0.2, 0.25) is 0 Å². The van der Waals surface area contributed by atoms with Gasteiger partial charge in [0.25, 0.3) is 0 Å². The van der Waals surface area contributed by atoms with Gasteiger partial charge in [-0.1, -0.05) is 13.2 Å². The zero-order valence-corrected chi connectivity index (χ0v) is 6.41. The lowest BCUT2D eigenvalue weighted by Crippen LogP contribution is -1.97. The Morgan fingerprint density at radius 1 is 1.09 bits per heavy atom. The molecule has 1 heterocycles. The van der Waals surface area contributed by atoms with Crippen molar-refractivity contribution in [2.45, 2.75) is 6.92 Å². The Bertz CT molecular complexity index is 291. The van der Waals surface area contributed by atoms with Crippen LogP contribution in [-0.4, -0.2) is 15.2 Å². The van der Waals surface area contributed by atoms with Crippen LogP contribution in [0, 0.1) is 6.92 Å². The smallest absolute Gasteiger partial charge is 0.148 e. The summed E-state index contributed by atoms with van der Waals surface area (Å²) in [6, 6.07) is 0. The Hall–Kier alpha value is -1.51. The number of rotatable bonds is 2. The van der Waals surface area contributed by atoms with Crippen LogP contribution in [0.1, 0.15) is 17.2 Å². The highest BCUT2D eigenvalue weighted by molar-refractivity contribution is 5.56. The van der Waals surface area contributed by atoms with Crippen LogP contribution in [0.2, 0.25) is 0 Å². The van der Waals surface area contributed by atoms with Crippen LogP contribution in [0.4, 0.5) is 0 Å². The highest BCUT2D eigenvalue weighted by atomic mass is 15.2. The summed E-state index contributed by atoms with van der Waals surface area (Å²) < 4.78 is 0. The molecule has 3 nitrogen and oxygen atoms in total. The fourth-order valence-electron chi connectivity index (χ4n) is 0.727. The Kier molecular flexibility index (Phi) is 2.11. The van der Waals surface area contributed by atoms with Crippen molar-refractivity contribution >= 4 is 12.2 Å². The van der Waals surface area contributed by atoms with E-state index in [1.165, 1.54) is 0 Å². The molecule has 11 heavy (non-hydrogen) atoms. The van der Waals surface area contributed by atoms with Crippen molar-refractivity contribution < 1.29 is 0 Å². The van der Waals surface area contributed by atoms with E-state index in [4.69, 9.17) is 0 Å². The minimum atomic E-state index is 0.644. The molecule has 1 aromatic heterocycles. The highest BCUT2D eigenvalue weighted by Gasteiger charge is 1.98. The first-order valence-corrected chi connectivity index (χ1v) is 3.24. The van der Waals surface area contributed by atoms with Crippen molar-refractivity contribution in [3.63, 3.8) is 0 Å². The molecule has 0 N–H and O–H groups in total. The minimum Gasteiger partial charge on any atom is -0.230 e. The molecule has 0 saturated carbocycles. The van der Waals surface area contributed by atoms with Gasteiger partial charge in [0.05, 0.1) is 5.69 Å². The maximum atomic E-state index is 4.10. The second-order valence-electron chi connectivity index (χ2n) is 2.04. The molecule has 0 aliphatic carbocycles. The van der Waals surface area contributed by atoms with Gasteiger partial charge in [-0.15, -0.1) is 10.2 Å². The molecule has 1 rings (SSSR count). The zero-order valence-electron chi connectivity index (χ0n) is 6.41. The Labute approximate surface area is 65.5 Å². The Morgan fingerprint density at radius 3 is 2.27 bits per heavy atom. The predicted molar refractivity (Wildman–Crippen MR) is 44.7 cm³/mol. The maximum Gasteiger partial charge on any atom is 0.148 e. The van der Waals surface area contributed by atoms with Gasteiger partial charge in [-0.2, -0.15) is 0 Å². The third kappa shape index (κ3) is 1.49. The summed E-state index contributed by atoms with van der Waals surface area (Å²) in [5.41, 5.74) is 1.40. The summed E-state index contributed by atoms with van der Waals surface area (Å²) in [5, 5.41) is 7.64. The molecule has 0 atom stereocenters. The van der Waals surface area contributed by atoms with Gasteiger partial charge in [0.1, 0.15) is 11.5 Å². The molecule has 0 fully saturated rings. The van der Waals surface area contributed by atoms with E-state index >= 15 is 0 Å². The van der Waals surface area contributed by atoms with Crippen LogP contribution in [0.3, 0.4) is 0 Å². The second-order valence-corrected chi connectivity index (χ2v) is 2.04. The van der Waals surface area contributed by atoms with Crippen LogP contribution >= 0.6 is 0 Å². The molecule has 0 amide bonds. The molecular formula is C8H9N3. The third-order valence-electron chi connectivity index (χ3n) is 1.23. The van der Waals surface area contributed by atoms with Crippen molar-refractivity contribution in [2.24, 2.45) is 0 Å². The highest BCUT2D eigenvalue weighted by Crippen LogP contribution is 2.03. The quantitative estimate of drug-likeness (QED) is 0.635. The van der Waals surface area contributed by atoms with E-state index < -0.39 is 0 Å². The van der Waals surface area contributed by atoms with E-state index in [1.54, 1.807) is 19.1 Å². The summed E-state index contributed by atoms with van der Waals surface area (Å²) in [7, 11) is 0. The van der Waals surface area contributed by atoms with Crippen LogP contribution in [0.25, 0.3) is 12.2 Å². The average Bonchev–Trinajstić information content (AvgIpc) is 2.04. The normalized spacial score (nSPS) is 9.18. The van der Waals surface area contributed by atoms with E-state index in [2.05, 4.69) is 28.3 Å². The maximum absolute atomic E-state index is 4.10. The molecule has 3 heteroatoms. The fourth-order valence-corrected chi connectivity index (χ4v) is 0.727. The number of aryl methyl sites for hydroxylation is 1. The van der Waals surface area contributed by atoms with Crippen LogP contribution < -0.4 is 0 Å². The number of nitrogens with zero attached hydrogens (tertiary/aromatic N) is 3. The minimum absolute atomic E-state index is 0.644. The SMILES string of the molecule is C=Cc1nnc(C)nc1C=C. The van der Waals surface area contributed by atoms with Gasteiger partial charge in [-0.25, -0.2) is 4.98 Å². The summed E-state index contributed by atoms with van der Waals surface area (Å²) >= 11 is 0. The number of hydrogen-bond acceptors (Lipinski definition) is 3. The van der Waals surface area contributed by atoms with Gasteiger partial charge >= 0.3 is 0 Å². The van der Waals surface area contributed by atoms with Crippen LogP contribution in [-0.2, 0) is 0 Å². The van der Waals surface area contributed by atoms with Crippen molar-refractivity contribution in [2.75, 3.05) is 0 Å². The lowest BCUT2D eigenvalue weighted by Gasteiger charge is -1.96. The molecule has 0 saturated heterocycles. The predicted octanol–water partition coefficient (Wildman–Crippen LogP) is 1.47. The molecule has 0 radical (unpaired) electrons. The molecule has 0 aliphatic heterocycles. The Morgan fingerprint density at radius 2 is 1.73 bits per heavy atom. The molecule has 1 aromatic rings. The zero-order chi connectivity index (χ0) is 8.27. The van der Waals surface area contributed by atoms with Gasteiger partial charge in [-0.3, -0.25) is 0 Å². The average molecular weight is 147 g/mol. The molecule has 0 aliphatic rings. The standard InChI is InChI=1S/C8H9N3/c1-4-7-8(5-2)11-10-6(3)9-7/h4-5H,1-2H2,3H3. The molecule has 56 valence electrons. The summed E-state index contributed by atoms with van der Waals surface area (Å²) in [6.07, 6.45) is 3.25. The molecule has 0 bridgehead atoms. The van der Waals surface area contributed by atoms with Gasteiger partial charge in [0, 0.05) is 0 Å². The van der Waals surface area contributed by atoms with E-state index in [9.17, 15) is 0 Å². The van der Waals surface area contributed by atoms with Crippen LogP contribution in [0.5, 0.6) is 0 Å². The first-order chi connectivity index (χ1) is 5.27. The molecule has 0 unspecified atom stereocenters. The molecular weight excluding hydrogens is 138 g/mol. The summed E-state index contributed by atoms with van der Waals surface area (Å²) in [4.78, 5) is 4.10. The fraction of sp³-hybridized carbons (Fsp3) is 0.125. The van der Waals surface area contributed by atoms with Crippen molar-refractivity contribution in [3.8, 4) is 0 Å². The van der Waals surface area contributed by atoms with Gasteiger partial charge in [-0.05, 0) is 19.1 Å². The lowest BCUT2D eigenvalue weighted by molar-refractivity contribution is 0.891. The number of aromatic nitrogens is 3. The Balaban J connectivity index is 3.26. The van der Waals surface area contributed by atoms with E-state index in [0.29, 0.717) is 11.5 Å². The molecule has 0 spiro atoms. The number of hydrogen-bond donors (Lipinski definition) is 0. The summed E-state index contributed by atoms with van der Waals surface area (Å²) in [6.45, 7) is 8.97. The van der Waals surface area contributed by atoms with Gasteiger partial charge < -0.3 is 0 Å². The molecule has 0 aromatic carbocycles. The van der Waals surface area contributed by atoms with E-state index in [-0.39, 0.29) is 0 Å². The van der Waals surface area contributed by atoms with Crippen molar-refractivity contribution in [3.05, 3.63) is 30.4 Å². The third-order valence-corrected chi connectivity index (χ3v) is 1.23. The first kappa shape index (κ1) is 7.60.